The number of benzene rings is 1. The zero-order valence-electron chi connectivity index (χ0n) is 14.9. The molecule has 1 amide bonds. The predicted molar refractivity (Wildman–Crippen MR) is 112 cm³/mol. The third-order valence-electron chi connectivity index (χ3n) is 3.92. The van der Waals surface area contributed by atoms with Crippen LogP contribution >= 0.6 is 11.3 Å². The van der Waals surface area contributed by atoms with Crippen molar-refractivity contribution in [2.75, 3.05) is 10.0 Å². The van der Waals surface area contributed by atoms with Crippen LogP contribution in [0.3, 0.4) is 0 Å². The summed E-state index contributed by atoms with van der Waals surface area (Å²) in [7, 11) is -3.76. The highest BCUT2D eigenvalue weighted by Gasteiger charge is 2.14. The molecule has 0 saturated heterocycles. The lowest BCUT2D eigenvalue weighted by atomic mass is 10.3. The Balaban J connectivity index is 1.42. The van der Waals surface area contributed by atoms with Gasteiger partial charge in [0, 0.05) is 29.5 Å². The number of sulfonamides is 1. The Morgan fingerprint density at radius 1 is 1.10 bits per heavy atom. The van der Waals surface area contributed by atoms with E-state index in [1.165, 1.54) is 47.9 Å². The molecule has 4 aromatic rings. The number of carbonyl (C=O) groups excluding carboxylic acids is 1. The molecular weight excluding hydrogens is 410 g/mol. The summed E-state index contributed by atoms with van der Waals surface area (Å²) in [6.07, 6.45) is 8.12. The van der Waals surface area contributed by atoms with Crippen molar-refractivity contribution in [1.82, 2.24) is 14.4 Å². The van der Waals surface area contributed by atoms with Gasteiger partial charge in [-0.15, -0.1) is 11.3 Å². The number of imidazole rings is 1. The number of anilines is 2. The van der Waals surface area contributed by atoms with E-state index in [9.17, 15) is 13.2 Å². The zero-order chi connectivity index (χ0) is 20.3. The van der Waals surface area contributed by atoms with Crippen LogP contribution in [0.1, 0.15) is 5.69 Å². The second-order valence-corrected chi connectivity index (χ2v) is 8.46. The molecule has 8 nitrogen and oxygen atoms in total. The maximum Gasteiger partial charge on any atom is 0.263 e. The first kappa shape index (κ1) is 18.8. The number of pyridine rings is 1. The Labute approximate surface area is 170 Å². The van der Waals surface area contributed by atoms with Gasteiger partial charge >= 0.3 is 0 Å². The van der Waals surface area contributed by atoms with Gasteiger partial charge in [0.05, 0.1) is 16.8 Å². The summed E-state index contributed by atoms with van der Waals surface area (Å²) < 4.78 is 29.1. The zero-order valence-corrected chi connectivity index (χ0v) is 16.5. The Hall–Kier alpha value is -3.50. The second-order valence-electron chi connectivity index (χ2n) is 5.91. The molecule has 29 heavy (non-hydrogen) atoms. The summed E-state index contributed by atoms with van der Waals surface area (Å²) >= 11 is 1.51. The molecule has 0 unspecified atom stereocenters. The fraction of sp³-hybridized carbons (Fsp3) is 0. The van der Waals surface area contributed by atoms with Gasteiger partial charge in [0.15, 0.2) is 4.96 Å². The molecule has 3 heterocycles. The van der Waals surface area contributed by atoms with Gasteiger partial charge < -0.3 is 5.32 Å². The third kappa shape index (κ3) is 4.33. The maximum absolute atomic E-state index is 12.4. The fourth-order valence-corrected chi connectivity index (χ4v) is 4.26. The molecule has 0 aliphatic carbocycles. The number of hydrogen-bond donors (Lipinski definition) is 2. The van der Waals surface area contributed by atoms with Crippen molar-refractivity contribution < 1.29 is 13.2 Å². The van der Waals surface area contributed by atoms with E-state index in [2.05, 4.69) is 20.0 Å². The van der Waals surface area contributed by atoms with Crippen molar-refractivity contribution in [1.29, 1.82) is 0 Å². The summed E-state index contributed by atoms with van der Waals surface area (Å²) in [5.74, 6) is -0.105. The van der Waals surface area contributed by atoms with E-state index in [4.69, 9.17) is 0 Å². The Kier molecular flexibility index (Phi) is 5.10. The molecular formula is C19H15N5O3S2. The van der Waals surface area contributed by atoms with Crippen LogP contribution < -0.4 is 10.0 Å². The van der Waals surface area contributed by atoms with Crippen LogP contribution in [-0.4, -0.2) is 28.7 Å². The number of carbonyl (C=O) groups is 1. The SMILES string of the molecule is O=C(/C=C/c1cnc2sccn12)Nc1ccc(S(=O)(=O)Nc2ccccn2)cc1. The van der Waals surface area contributed by atoms with E-state index < -0.39 is 10.0 Å². The molecule has 0 bridgehead atoms. The molecule has 0 aliphatic rings. The molecule has 3 aromatic heterocycles. The molecule has 2 N–H and O–H groups in total. The summed E-state index contributed by atoms with van der Waals surface area (Å²) in [6, 6.07) is 10.8. The first-order chi connectivity index (χ1) is 14.0. The van der Waals surface area contributed by atoms with E-state index in [-0.39, 0.29) is 16.6 Å². The summed E-state index contributed by atoms with van der Waals surface area (Å²) in [4.78, 5) is 21.2. The van der Waals surface area contributed by atoms with Gasteiger partial charge in [-0.25, -0.2) is 18.4 Å². The van der Waals surface area contributed by atoms with E-state index >= 15 is 0 Å². The Morgan fingerprint density at radius 2 is 1.93 bits per heavy atom. The highest BCUT2D eigenvalue weighted by Crippen LogP contribution is 2.17. The molecule has 0 saturated carbocycles. The van der Waals surface area contributed by atoms with Gasteiger partial charge in [0.2, 0.25) is 5.91 Å². The lowest BCUT2D eigenvalue weighted by Gasteiger charge is -2.08. The van der Waals surface area contributed by atoms with Crippen molar-refractivity contribution >= 4 is 49.8 Å². The number of nitrogens with zero attached hydrogens (tertiary/aromatic N) is 3. The van der Waals surface area contributed by atoms with Crippen LogP contribution in [-0.2, 0) is 14.8 Å². The summed E-state index contributed by atoms with van der Waals surface area (Å²) in [6.45, 7) is 0. The smallest absolute Gasteiger partial charge is 0.263 e. The van der Waals surface area contributed by atoms with Crippen LogP contribution in [0.2, 0.25) is 0 Å². The van der Waals surface area contributed by atoms with Crippen molar-refractivity contribution in [2.24, 2.45) is 0 Å². The number of aromatic nitrogens is 3. The number of rotatable bonds is 6. The van der Waals surface area contributed by atoms with E-state index in [1.54, 1.807) is 30.5 Å². The van der Waals surface area contributed by atoms with Gasteiger partial charge in [-0.05, 0) is 42.5 Å². The molecule has 4 rings (SSSR count). The number of hydrogen-bond acceptors (Lipinski definition) is 6. The Morgan fingerprint density at radius 3 is 2.69 bits per heavy atom. The minimum atomic E-state index is -3.76. The molecule has 10 heteroatoms. The highest BCUT2D eigenvalue weighted by atomic mass is 32.2. The van der Waals surface area contributed by atoms with Crippen LogP contribution in [0.4, 0.5) is 11.5 Å². The van der Waals surface area contributed by atoms with Gasteiger partial charge in [-0.2, -0.15) is 0 Å². The molecule has 0 atom stereocenters. The molecule has 0 spiro atoms. The van der Waals surface area contributed by atoms with Crippen molar-refractivity contribution in [2.45, 2.75) is 4.90 Å². The largest absolute Gasteiger partial charge is 0.323 e. The van der Waals surface area contributed by atoms with Gasteiger partial charge in [-0.3, -0.25) is 13.9 Å². The molecule has 146 valence electrons. The normalized spacial score (nSPS) is 11.7. The van der Waals surface area contributed by atoms with E-state index in [1.807, 2.05) is 16.0 Å². The average molecular weight is 425 g/mol. The number of fused-ring (bicyclic) bond motifs is 1. The third-order valence-corrected chi connectivity index (χ3v) is 6.06. The quantitative estimate of drug-likeness (QED) is 0.462. The highest BCUT2D eigenvalue weighted by molar-refractivity contribution is 7.92. The number of amides is 1. The van der Waals surface area contributed by atoms with Crippen LogP contribution in [0.5, 0.6) is 0 Å². The van der Waals surface area contributed by atoms with E-state index in [0.29, 0.717) is 5.69 Å². The summed E-state index contributed by atoms with van der Waals surface area (Å²) in [5, 5.41) is 4.61. The monoisotopic (exact) mass is 425 g/mol. The van der Waals surface area contributed by atoms with Gasteiger partial charge in [0.1, 0.15) is 5.82 Å². The lowest BCUT2D eigenvalue weighted by Crippen LogP contribution is -2.14. The van der Waals surface area contributed by atoms with Crippen molar-refractivity contribution in [3.8, 4) is 0 Å². The predicted octanol–water partition coefficient (Wildman–Crippen LogP) is 3.24. The first-order valence-electron chi connectivity index (χ1n) is 8.45. The van der Waals surface area contributed by atoms with E-state index in [0.717, 1.165) is 10.7 Å². The average Bonchev–Trinajstić information content (AvgIpc) is 3.31. The van der Waals surface area contributed by atoms with Gasteiger partial charge in [0.25, 0.3) is 10.0 Å². The lowest BCUT2D eigenvalue weighted by molar-refractivity contribution is -0.111. The molecule has 0 radical (unpaired) electrons. The maximum atomic E-state index is 12.4. The standard InChI is InChI=1S/C19H15N5O3S2/c25-18(9-6-15-13-21-19-24(15)11-12-28-19)22-14-4-7-16(8-5-14)29(26,27)23-17-3-1-2-10-20-17/h1-13H,(H,20,23)(H,22,25)/b9-6+. The molecule has 0 aliphatic heterocycles. The second kappa shape index (κ2) is 7.86. The van der Waals surface area contributed by atoms with Crippen LogP contribution in [0.25, 0.3) is 11.0 Å². The summed E-state index contributed by atoms with van der Waals surface area (Å²) in [5.41, 5.74) is 1.27. The van der Waals surface area contributed by atoms with Crippen molar-refractivity contribution in [3.05, 3.63) is 78.2 Å². The topological polar surface area (TPSA) is 105 Å². The molecule has 1 aromatic carbocycles. The number of nitrogens with one attached hydrogen (secondary N) is 2. The fourth-order valence-electron chi connectivity index (χ4n) is 2.55. The van der Waals surface area contributed by atoms with Gasteiger partial charge in [-0.1, -0.05) is 6.07 Å². The Bertz CT molecular complexity index is 1280. The minimum Gasteiger partial charge on any atom is -0.323 e. The number of thiazole rings is 1. The van der Waals surface area contributed by atoms with Crippen LogP contribution in [0, 0.1) is 0 Å². The minimum absolute atomic E-state index is 0.0656. The van der Waals surface area contributed by atoms with Crippen LogP contribution in [0.15, 0.2) is 77.4 Å². The van der Waals surface area contributed by atoms with Crippen molar-refractivity contribution in [3.63, 3.8) is 0 Å². The first-order valence-corrected chi connectivity index (χ1v) is 10.8. The molecule has 0 fully saturated rings.